The number of nitrogens with zero attached hydrogens (tertiary/aromatic N) is 1. The van der Waals surface area contributed by atoms with Crippen LogP contribution in [0, 0.1) is 0 Å². The molecule has 0 aliphatic carbocycles. The van der Waals surface area contributed by atoms with E-state index in [0.717, 1.165) is 0 Å². The number of carbonyl (C=O) groups excluding carboxylic acids is 1. The van der Waals surface area contributed by atoms with Gasteiger partial charge >= 0.3 is 0 Å². The van der Waals surface area contributed by atoms with Gasteiger partial charge in [-0.1, -0.05) is 42.5 Å². The summed E-state index contributed by atoms with van der Waals surface area (Å²) in [4.78, 5) is 12.3. The van der Waals surface area contributed by atoms with Gasteiger partial charge < -0.3 is 0 Å². The average Bonchev–Trinajstić information content (AvgIpc) is 2.45. The molecule has 18 heavy (non-hydrogen) atoms. The van der Waals surface area contributed by atoms with Crippen LogP contribution in [-0.2, 0) is 0 Å². The monoisotopic (exact) mass is 238 g/mol. The summed E-state index contributed by atoms with van der Waals surface area (Å²) in [5.74, 6) is -0.00926. The van der Waals surface area contributed by atoms with Crippen LogP contribution in [0.15, 0.2) is 59.7 Å². The van der Waals surface area contributed by atoms with E-state index < -0.39 is 0 Å². The third-order valence-electron chi connectivity index (χ3n) is 2.52. The Morgan fingerprint density at radius 1 is 1.06 bits per heavy atom. The van der Waals surface area contributed by atoms with Crippen LogP contribution >= 0.6 is 0 Å². The number of benzene rings is 2. The lowest BCUT2D eigenvalue weighted by Crippen LogP contribution is -2.04. The summed E-state index contributed by atoms with van der Waals surface area (Å²) in [7, 11) is 0. The van der Waals surface area contributed by atoms with Crippen molar-refractivity contribution in [1.29, 1.82) is 0 Å². The Hall–Kier alpha value is -2.42. The molecule has 0 aliphatic heterocycles. The van der Waals surface area contributed by atoms with Crippen LogP contribution in [0.1, 0.15) is 22.8 Å². The zero-order valence-corrected chi connectivity index (χ0v) is 10.1. The van der Waals surface area contributed by atoms with Crippen molar-refractivity contribution in [3.63, 3.8) is 0 Å². The normalized spacial score (nSPS) is 10.5. The van der Waals surface area contributed by atoms with Crippen molar-refractivity contribution in [2.24, 2.45) is 5.10 Å². The first-order chi connectivity index (χ1) is 8.83. The van der Waals surface area contributed by atoms with Gasteiger partial charge in [0.05, 0.1) is 5.69 Å². The van der Waals surface area contributed by atoms with Crippen LogP contribution in [0.5, 0.6) is 0 Å². The van der Waals surface area contributed by atoms with Gasteiger partial charge in [-0.2, -0.15) is 5.10 Å². The maximum atomic E-state index is 12.3. The third-order valence-corrected chi connectivity index (χ3v) is 2.52. The minimum absolute atomic E-state index is 0.00926. The standard InChI is InChI=1S/C15H14N2O/c1-2-16-17-14-11-7-6-10-13(14)15(18)12-8-4-3-5-9-12/h2-11,17H,1H3/b16-2-. The molecule has 3 heteroatoms. The number of carbonyl (C=O) groups is 1. The van der Waals surface area contributed by atoms with Gasteiger partial charge in [0.2, 0.25) is 0 Å². The molecule has 0 heterocycles. The number of para-hydroxylation sites is 1. The number of nitrogens with one attached hydrogen (secondary N) is 1. The van der Waals surface area contributed by atoms with Gasteiger partial charge in [-0.25, -0.2) is 0 Å². The smallest absolute Gasteiger partial charge is 0.195 e. The summed E-state index contributed by atoms with van der Waals surface area (Å²) in [5.41, 5.74) is 4.87. The molecule has 2 aromatic carbocycles. The molecule has 90 valence electrons. The molecule has 0 atom stereocenters. The fourth-order valence-electron chi connectivity index (χ4n) is 1.66. The molecular formula is C15H14N2O. The average molecular weight is 238 g/mol. The molecule has 0 unspecified atom stereocenters. The highest BCUT2D eigenvalue weighted by Crippen LogP contribution is 2.19. The van der Waals surface area contributed by atoms with E-state index in [0.29, 0.717) is 16.8 Å². The van der Waals surface area contributed by atoms with Gasteiger partial charge in [0, 0.05) is 17.3 Å². The Morgan fingerprint density at radius 3 is 2.44 bits per heavy atom. The lowest BCUT2D eigenvalue weighted by atomic mass is 10.0. The minimum Gasteiger partial charge on any atom is -0.289 e. The molecule has 0 aliphatic rings. The van der Waals surface area contributed by atoms with Crippen LogP contribution < -0.4 is 5.43 Å². The molecule has 2 rings (SSSR count). The van der Waals surface area contributed by atoms with E-state index in [1.54, 1.807) is 12.3 Å². The number of hydrogen-bond donors (Lipinski definition) is 1. The molecular weight excluding hydrogens is 224 g/mol. The molecule has 0 spiro atoms. The predicted octanol–water partition coefficient (Wildman–Crippen LogP) is 3.34. The molecule has 3 nitrogen and oxygen atoms in total. The summed E-state index contributed by atoms with van der Waals surface area (Å²) < 4.78 is 0. The zero-order chi connectivity index (χ0) is 12.8. The fraction of sp³-hybridized carbons (Fsp3) is 0.0667. The first-order valence-corrected chi connectivity index (χ1v) is 5.75. The molecule has 0 saturated heterocycles. The van der Waals surface area contributed by atoms with Gasteiger partial charge in [-0.3, -0.25) is 10.2 Å². The van der Waals surface area contributed by atoms with E-state index in [2.05, 4.69) is 10.5 Å². The minimum atomic E-state index is -0.00926. The lowest BCUT2D eigenvalue weighted by molar-refractivity contribution is 0.103. The predicted molar refractivity (Wildman–Crippen MR) is 74.1 cm³/mol. The van der Waals surface area contributed by atoms with Gasteiger partial charge in [0.25, 0.3) is 0 Å². The summed E-state index contributed by atoms with van der Waals surface area (Å²) in [6.07, 6.45) is 1.64. The van der Waals surface area contributed by atoms with Gasteiger partial charge in [-0.05, 0) is 19.1 Å². The van der Waals surface area contributed by atoms with Gasteiger partial charge in [0.1, 0.15) is 0 Å². The molecule has 0 amide bonds. The van der Waals surface area contributed by atoms with Gasteiger partial charge in [-0.15, -0.1) is 0 Å². The summed E-state index contributed by atoms with van der Waals surface area (Å²) >= 11 is 0. The molecule has 0 radical (unpaired) electrons. The molecule has 0 fully saturated rings. The Labute approximate surface area is 106 Å². The zero-order valence-electron chi connectivity index (χ0n) is 10.1. The first kappa shape index (κ1) is 12.0. The van der Waals surface area contributed by atoms with Crippen LogP contribution in [0.3, 0.4) is 0 Å². The largest absolute Gasteiger partial charge is 0.289 e. The van der Waals surface area contributed by atoms with Crippen molar-refractivity contribution in [2.75, 3.05) is 5.43 Å². The van der Waals surface area contributed by atoms with Crippen LogP contribution in [0.2, 0.25) is 0 Å². The quantitative estimate of drug-likeness (QED) is 0.504. The summed E-state index contributed by atoms with van der Waals surface area (Å²) in [5, 5.41) is 3.95. The maximum Gasteiger partial charge on any atom is 0.195 e. The van der Waals surface area contributed by atoms with Crippen LogP contribution in [0.25, 0.3) is 0 Å². The Balaban J connectivity index is 2.36. The fourth-order valence-corrected chi connectivity index (χ4v) is 1.66. The van der Waals surface area contributed by atoms with E-state index in [-0.39, 0.29) is 5.78 Å². The number of hydrogen-bond acceptors (Lipinski definition) is 3. The van der Waals surface area contributed by atoms with Crippen molar-refractivity contribution >= 4 is 17.7 Å². The topological polar surface area (TPSA) is 41.5 Å². The number of ketones is 1. The highest BCUT2D eigenvalue weighted by Gasteiger charge is 2.12. The molecule has 2 aromatic rings. The Bertz CT molecular complexity index is 562. The Kier molecular flexibility index (Phi) is 3.86. The third kappa shape index (κ3) is 2.63. The molecule has 1 N–H and O–H groups in total. The number of rotatable bonds is 4. The van der Waals surface area contributed by atoms with E-state index in [9.17, 15) is 4.79 Å². The SMILES string of the molecule is C/C=N\Nc1ccccc1C(=O)c1ccccc1. The molecule has 0 bridgehead atoms. The summed E-state index contributed by atoms with van der Waals surface area (Å²) in [6, 6.07) is 16.6. The lowest BCUT2D eigenvalue weighted by Gasteiger charge is -2.07. The van der Waals surface area contributed by atoms with Crippen molar-refractivity contribution in [1.82, 2.24) is 0 Å². The van der Waals surface area contributed by atoms with Crippen molar-refractivity contribution < 1.29 is 4.79 Å². The molecule has 0 aromatic heterocycles. The maximum absolute atomic E-state index is 12.3. The highest BCUT2D eigenvalue weighted by atomic mass is 16.1. The highest BCUT2D eigenvalue weighted by molar-refractivity contribution is 6.12. The van der Waals surface area contributed by atoms with E-state index in [1.807, 2.05) is 55.5 Å². The first-order valence-electron chi connectivity index (χ1n) is 5.75. The molecule has 0 saturated carbocycles. The van der Waals surface area contributed by atoms with Crippen molar-refractivity contribution in [3.8, 4) is 0 Å². The van der Waals surface area contributed by atoms with Crippen molar-refractivity contribution in [2.45, 2.75) is 6.92 Å². The Morgan fingerprint density at radius 2 is 1.72 bits per heavy atom. The second kappa shape index (κ2) is 5.77. The van der Waals surface area contributed by atoms with Crippen LogP contribution in [-0.4, -0.2) is 12.0 Å². The second-order valence-corrected chi connectivity index (χ2v) is 3.74. The van der Waals surface area contributed by atoms with Gasteiger partial charge in [0.15, 0.2) is 5.78 Å². The van der Waals surface area contributed by atoms with E-state index >= 15 is 0 Å². The number of anilines is 1. The second-order valence-electron chi connectivity index (χ2n) is 3.74. The van der Waals surface area contributed by atoms with E-state index in [4.69, 9.17) is 0 Å². The number of hydrazone groups is 1. The van der Waals surface area contributed by atoms with Crippen LogP contribution in [0.4, 0.5) is 5.69 Å². The van der Waals surface area contributed by atoms with E-state index in [1.165, 1.54) is 0 Å². The summed E-state index contributed by atoms with van der Waals surface area (Å²) in [6.45, 7) is 1.81. The van der Waals surface area contributed by atoms with Crippen molar-refractivity contribution in [3.05, 3.63) is 65.7 Å².